The highest BCUT2D eigenvalue weighted by Crippen LogP contribution is 2.23. The highest BCUT2D eigenvalue weighted by molar-refractivity contribution is 5.89. The van der Waals surface area contributed by atoms with Crippen molar-refractivity contribution >= 4 is 11.9 Å². The van der Waals surface area contributed by atoms with Gasteiger partial charge in [-0.15, -0.1) is 5.10 Å². The van der Waals surface area contributed by atoms with Gasteiger partial charge in [-0.1, -0.05) is 17.3 Å². The van der Waals surface area contributed by atoms with Gasteiger partial charge in [-0.3, -0.25) is 0 Å². The zero-order valence-corrected chi connectivity index (χ0v) is 20.9. The maximum atomic E-state index is 12.4. The quantitative estimate of drug-likeness (QED) is 0.419. The van der Waals surface area contributed by atoms with Gasteiger partial charge in [0.05, 0.1) is 25.4 Å². The summed E-state index contributed by atoms with van der Waals surface area (Å²) < 4.78 is 23.4. The number of benzene rings is 2. The molecule has 0 saturated heterocycles. The lowest BCUT2D eigenvalue weighted by Crippen LogP contribution is -2.43. The van der Waals surface area contributed by atoms with Crippen LogP contribution in [0.25, 0.3) is 0 Å². The Morgan fingerprint density at radius 1 is 0.914 bits per heavy atom. The molecular weight excluding hydrogens is 450 g/mol. The maximum absolute atomic E-state index is 12.4. The summed E-state index contributed by atoms with van der Waals surface area (Å²) in [6.07, 6.45) is 1.73. The van der Waals surface area contributed by atoms with Crippen molar-refractivity contribution in [1.82, 2.24) is 15.0 Å². The van der Waals surface area contributed by atoms with E-state index in [9.17, 15) is 9.59 Å². The number of rotatable bonds is 9. The third kappa shape index (κ3) is 7.56. The lowest BCUT2D eigenvalue weighted by Gasteiger charge is -2.29. The van der Waals surface area contributed by atoms with Gasteiger partial charge in [0.1, 0.15) is 29.4 Å². The largest absolute Gasteiger partial charge is 0.497 e. The van der Waals surface area contributed by atoms with Crippen LogP contribution in [0.5, 0.6) is 11.5 Å². The SMILES string of the molecule is COc1ccc(Cn2cc(COC(=O)c3ccc(OC(C)(C)C(=O)OC(C)(C)C)cc3)nn2)cc1. The molecule has 186 valence electrons. The fourth-order valence-corrected chi connectivity index (χ4v) is 3.02. The lowest BCUT2D eigenvalue weighted by atomic mass is 10.1. The Kier molecular flexibility index (Phi) is 7.78. The average Bonchev–Trinajstić information content (AvgIpc) is 3.24. The Morgan fingerprint density at radius 2 is 1.54 bits per heavy atom. The van der Waals surface area contributed by atoms with Crippen molar-refractivity contribution in [2.75, 3.05) is 7.11 Å². The number of aromatic nitrogens is 3. The summed E-state index contributed by atoms with van der Waals surface area (Å²) >= 11 is 0. The van der Waals surface area contributed by atoms with E-state index in [-0.39, 0.29) is 6.61 Å². The van der Waals surface area contributed by atoms with Crippen molar-refractivity contribution in [2.24, 2.45) is 0 Å². The van der Waals surface area contributed by atoms with Crippen LogP contribution < -0.4 is 9.47 Å². The van der Waals surface area contributed by atoms with Gasteiger partial charge in [0, 0.05) is 0 Å². The van der Waals surface area contributed by atoms with Gasteiger partial charge in [0.25, 0.3) is 0 Å². The molecule has 0 spiro atoms. The van der Waals surface area contributed by atoms with Crippen LogP contribution in [0.4, 0.5) is 0 Å². The summed E-state index contributed by atoms with van der Waals surface area (Å²) in [5.41, 5.74) is 0.111. The first-order chi connectivity index (χ1) is 16.4. The second-order valence-corrected chi connectivity index (χ2v) is 9.47. The fourth-order valence-electron chi connectivity index (χ4n) is 3.02. The Hall–Kier alpha value is -3.88. The molecule has 3 rings (SSSR count). The Bertz CT molecular complexity index is 1150. The molecule has 0 unspecified atom stereocenters. The molecule has 1 heterocycles. The van der Waals surface area contributed by atoms with Crippen LogP contribution in [0.3, 0.4) is 0 Å². The van der Waals surface area contributed by atoms with E-state index in [4.69, 9.17) is 18.9 Å². The van der Waals surface area contributed by atoms with Gasteiger partial charge in [0.15, 0.2) is 5.60 Å². The first-order valence-corrected chi connectivity index (χ1v) is 11.2. The zero-order valence-electron chi connectivity index (χ0n) is 20.9. The standard InChI is InChI=1S/C26H31N3O6/c1-25(2,3)35-24(31)26(4,5)34-22-13-9-19(10-14-22)23(30)33-17-20-16-29(28-27-20)15-18-7-11-21(32-6)12-8-18/h7-14,16H,15,17H2,1-6H3. The monoisotopic (exact) mass is 481 g/mol. The summed E-state index contributed by atoms with van der Waals surface area (Å²) in [6.45, 7) is 9.17. The Morgan fingerprint density at radius 3 is 2.14 bits per heavy atom. The van der Waals surface area contributed by atoms with E-state index >= 15 is 0 Å². The van der Waals surface area contributed by atoms with Gasteiger partial charge in [-0.25, -0.2) is 14.3 Å². The summed E-state index contributed by atoms with van der Waals surface area (Å²) in [5, 5.41) is 8.13. The minimum atomic E-state index is -1.19. The molecule has 0 fully saturated rings. The first-order valence-electron chi connectivity index (χ1n) is 11.2. The van der Waals surface area contributed by atoms with E-state index in [0.29, 0.717) is 23.6 Å². The third-order valence-electron chi connectivity index (χ3n) is 4.79. The molecule has 0 radical (unpaired) electrons. The molecule has 3 aromatic rings. The lowest BCUT2D eigenvalue weighted by molar-refractivity contribution is -0.170. The second kappa shape index (κ2) is 10.6. The Balaban J connectivity index is 1.52. The van der Waals surface area contributed by atoms with Crippen LogP contribution >= 0.6 is 0 Å². The molecule has 0 amide bonds. The van der Waals surface area contributed by atoms with Gasteiger partial charge in [-0.05, 0) is 76.6 Å². The molecule has 0 aliphatic rings. The summed E-state index contributed by atoms with van der Waals surface area (Å²) in [7, 11) is 1.62. The predicted molar refractivity (Wildman–Crippen MR) is 128 cm³/mol. The number of methoxy groups -OCH3 is 1. The van der Waals surface area contributed by atoms with Gasteiger partial charge in [0.2, 0.25) is 0 Å². The fraction of sp³-hybridized carbons (Fsp3) is 0.385. The number of esters is 2. The summed E-state index contributed by atoms with van der Waals surface area (Å²) in [5.74, 6) is 0.228. The topological polar surface area (TPSA) is 102 Å². The highest BCUT2D eigenvalue weighted by Gasteiger charge is 2.34. The molecule has 0 bridgehead atoms. The highest BCUT2D eigenvalue weighted by atomic mass is 16.6. The van der Waals surface area contributed by atoms with E-state index in [1.165, 1.54) is 0 Å². The molecule has 2 aromatic carbocycles. The van der Waals surface area contributed by atoms with E-state index in [1.54, 1.807) is 76.9 Å². The molecular formula is C26H31N3O6. The van der Waals surface area contributed by atoms with E-state index in [0.717, 1.165) is 11.3 Å². The van der Waals surface area contributed by atoms with Crippen LogP contribution in [-0.4, -0.2) is 45.2 Å². The van der Waals surface area contributed by atoms with Crippen molar-refractivity contribution in [1.29, 1.82) is 0 Å². The normalized spacial score (nSPS) is 11.6. The van der Waals surface area contributed by atoms with E-state index in [2.05, 4.69) is 10.3 Å². The number of nitrogens with zero attached hydrogens (tertiary/aromatic N) is 3. The van der Waals surface area contributed by atoms with Crippen molar-refractivity contribution in [2.45, 2.75) is 59.0 Å². The molecule has 0 N–H and O–H groups in total. The number of ether oxygens (including phenoxy) is 4. The third-order valence-corrected chi connectivity index (χ3v) is 4.79. The minimum absolute atomic E-state index is 0.00856. The number of carbonyl (C=O) groups excluding carboxylic acids is 2. The molecule has 9 nitrogen and oxygen atoms in total. The van der Waals surface area contributed by atoms with Crippen LogP contribution in [0.2, 0.25) is 0 Å². The number of hydrogen-bond donors (Lipinski definition) is 0. The number of hydrogen-bond acceptors (Lipinski definition) is 8. The smallest absolute Gasteiger partial charge is 0.350 e. The van der Waals surface area contributed by atoms with Crippen molar-refractivity contribution in [3.8, 4) is 11.5 Å². The second-order valence-electron chi connectivity index (χ2n) is 9.47. The van der Waals surface area contributed by atoms with Crippen LogP contribution in [-0.2, 0) is 27.4 Å². The van der Waals surface area contributed by atoms with Gasteiger partial charge in [-0.2, -0.15) is 0 Å². The molecule has 0 aliphatic carbocycles. The average molecular weight is 482 g/mol. The molecule has 35 heavy (non-hydrogen) atoms. The Labute approximate surface area is 204 Å². The molecule has 0 saturated carbocycles. The van der Waals surface area contributed by atoms with Crippen LogP contribution in [0.15, 0.2) is 54.7 Å². The molecule has 0 atom stereocenters. The van der Waals surface area contributed by atoms with Gasteiger partial charge >= 0.3 is 11.9 Å². The van der Waals surface area contributed by atoms with Crippen molar-refractivity contribution in [3.63, 3.8) is 0 Å². The number of carbonyl (C=O) groups is 2. The zero-order chi connectivity index (χ0) is 25.6. The van der Waals surface area contributed by atoms with Crippen molar-refractivity contribution in [3.05, 3.63) is 71.5 Å². The van der Waals surface area contributed by atoms with E-state index in [1.807, 2.05) is 24.3 Å². The molecule has 0 aliphatic heterocycles. The van der Waals surface area contributed by atoms with Crippen molar-refractivity contribution < 1.29 is 28.5 Å². The summed E-state index contributed by atoms with van der Waals surface area (Å²) in [4.78, 5) is 24.8. The van der Waals surface area contributed by atoms with Crippen LogP contribution in [0, 0.1) is 0 Å². The molecule has 1 aromatic heterocycles. The van der Waals surface area contributed by atoms with E-state index < -0.39 is 23.1 Å². The van der Waals surface area contributed by atoms with Gasteiger partial charge < -0.3 is 18.9 Å². The molecule has 9 heteroatoms. The first kappa shape index (κ1) is 25.7. The minimum Gasteiger partial charge on any atom is -0.497 e. The van der Waals surface area contributed by atoms with Crippen LogP contribution in [0.1, 0.15) is 56.2 Å². The predicted octanol–water partition coefficient (Wildman–Crippen LogP) is 4.19. The maximum Gasteiger partial charge on any atom is 0.350 e. The summed E-state index contributed by atoms with van der Waals surface area (Å²) in [6, 6.07) is 14.0.